The molecule has 1 aliphatic rings. The lowest BCUT2D eigenvalue weighted by atomic mass is 9.65. The standard InChI is InChI=1S/C20H26O8/c1-11-8-16(22)26-14-9-12(6-7-13(11)14)27-20(5)19(4,25)18(3,24)17(2,23)15(10-21)28-20/h6-9,15,21,23-25H,10H2,1-5H3/t15-,17-,18+,19-,20+/m0/s1. The van der Waals surface area contributed by atoms with E-state index in [1.807, 2.05) is 0 Å². The van der Waals surface area contributed by atoms with Crippen LogP contribution < -0.4 is 10.4 Å². The molecule has 0 saturated carbocycles. The number of aryl methyl sites for hydroxylation is 1. The molecule has 1 saturated heterocycles. The van der Waals surface area contributed by atoms with E-state index in [0.717, 1.165) is 10.9 Å². The van der Waals surface area contributed by atoms with Gasteiger partial charge in [-0.05, 0) is 45.4 Å². The van der Waals surface area contributed by atoms with Gasteiger partial charge in [-0.2, -0.15) is 0 Å². The third-order valence-corrected chi connectivity index (χ3v) is 6.21. The zero-order chi connectivity index (χ0) is 21.1. The smallest absolute Gasteiger partial charge is 0.336 e. The van der Waals surface area contributed by atoms with Crippen LogP contribution in [0.5, 0.6) is 5.75 Å². The van der Waals surface area contributed by atoms with Crippen molar-refractivity contribution < 1.29 is 34.3 Å². The van der Waals surface area contributed by atoms with Crippen LogP contribution in [-0.2, 0) is 4.74 Å². The summed E-state index contributed by atoms with van der Waals surface area (Å²) >= 11 is 0. The molecule has 0 spiro atoms. The highest BCUT2D eigenvalue weighted by atomic mass is 16.7. The van der Waals surface area contributed by atoms with Gasteiger partial charge < -0.3 is 34.3 Å². The molecule has 1 aliphatic heterocycles. The Hall–Kier alpha value is -1.97. The molecule has 154 valence electrons. The van der Waals surface area contributed by atoms with Gasteiger partial charge in [-0.15, -0.1) is 0 Å². The molecule has 1 aromatic heterocycles. The van der Waals surface area contributed by atoms with Crippen molar-refractivity contribution in [1.29, 1.82) is 0 Å². The first kappa shape index (κ1) is 20.8. The second-order valence-electron chi connectivity index (χ2n) is 8.04. The van der Waals surface area contributed by atoms with Crippen molar-refractivity contribution in [2.24, 2.45) is 0 Å². The highest BCUT2D eigenvalue weighted by molar-refractivity contribution is 5.81. The summed E-state index contributed by atoms with van der Waals surface area (Å²) in [7, 11) is 0. The summed E-state index contributed by atoms with van der Waals surface area (Å²) in [4.78, 5) is 11.6. The predicted molar refractivity (Wildman–Crippen MR) is 100 cm³/mol. The number of rotatable bonds is 3. The normalized spacial score (nSPS) is 38.5. The molecule has 0 radical (unpaired) electrons. The average Bonchev–Trinajstić information content (AvgIpc) is 2.57. The Balaban J connectivity index is 2.07. The van der Waals surface area contributed by atoms with Gasteiger partial charge in [-0.25, -0.2) is 4.79 Å². The van der Waals surface area contributed by atoms with Crippen LogP contribution in [0.3, 0.4) is 0 Å². The Kier molecular flexibility index (Phi) is 4.64. The van der Waals surface area contributed by atoms with Crippen LogP contribution in [0, 0.1) is 6.92 Å². The van der Waals surface area contributed by atoms with E-state index in [9.17, 15) is 25.2 Å². The molecule has 3 rings (SSSR count). The van der Waals surface area contributed by atoms with E-state index in [2.05, 4.69) is 0 Å². The summed E-state index contributed by atoms with van der Waals surface area (Å²) in [5.41, 5.74) is -5.61. The van der Waals surface area contributed by atoms with Crippen molar-refractivity contribution in [1.82, 2.24) is 0 Å². The second kappa shape index (κ2) is 6.27. The van der Waals surface area contributed by atoms with Gasteiger partial charge in [0.25, 0.3) is 0 Å². The Morgan fingerprint density at radius 1 is 1.07 bits per heavy atom. The molecular weight excluding hydrogens is 368 g/mol. The lowest BCUT2D eigenvalue weighted by Gasteiger charge is -2.61. The maximum atomic E-state index is 11.6. The molecule has 1 aromatic carbocycles. The molecule has 0 aliphatic carbocycles. The van der Waals surface area contributed by atoms with Crippen molar-refractivity contribution >= 4 is 11.0 Å². The second-order valence-corrected chi connectivity index (χ2v) is 8.04. The van der Waals surface area contributed by atoms with Gasteiger partial charge in [-0.3, -0.25) is 0 Å². The molecule has 0 amide bonds. The van der Waals surface area contributed by atoms with Crippen LogP contribution in [0.4, 0.5) is 0 Å². The number of aliphatic hydroxyl groups is 4. The Morgan fingerprint density at radius 3 is 2.32 bits per heavy atom. The van der Waals surface area contributed by atoms with Gasteiger partial charge in [-0.1, -0.05) is 0 Å². The lowest BCUT2D eigenvalue weighted by Crippen LogP contribution is -2.82. The van der Waals surface area contributed by atoms with Crippen molar-refractivity contribution in [3.05, 3.63) is 40.2 Å². The molecule has 28 heavy (non-hydrogen) atoms. The number of fused-ring (bicyclic) bond motifs is 1. The molecule has 8 nitrogen and oxygen atoms in total. The number of ether oxygens (including phenoxy) is 2. The zero-order valence-corrected chi connectivity index (χ0v) is 16.5. The van der Waals surface area contributed by atoms with Crippen molar-refractivity contribution in [3.8, 4) is 5.75 Å². The monoisotopic (exact) mass is 394 g/mol. The molecule has 0 bridgehead atoms. The fourth-order valence-corrected chi connectivity index (χ4v) is 3.68. The van der Waals surface area contributed by atoms with Crippen LogP contribution in [0.15, 0.2) is 33.5 Å². The summed E-state index contributed by atoms with van der Waals surface area (Å²) in [6.45, 7) is 6.37. The van der Waals surface area contributed by atoms with E-state index in [1.165, 1.54) is 39.8 Å². The van der Waals surface area contributed by atoms with E-state index in [4.69, 9.17) is 13.9 Å². The van der Waals surface area contributed by atoms with Gasteiger partial charge in [0.1, 0.15) is 28.6 Å². The minimum atomic E-state index is -2.10. The zero-order valence-electron chi connectivity index (χ0n) is 16.5. The Bertz CT molecular complexity index is 958. The Morgan fingerprint density at radius 2 is 1.71 bits per heavy atom. The quantitative estimate of drug-likeness (QED) is 0.564. The fourth-order valence-electron chi connectivity index (χ4n) is 3.68. The maximum absolute atomic E-state index is 11.6. The number of hydrogen-bond acceptors (Lipinski definition) is 8. The van der Waals surface area contributed by atoms with Crippen LogP contribution in [0.1, 0.15) is 33.3 Å². The summed E-state index contributed by atoms with van der Waals surface area (Å²) in [6.07, 6.45) is -1.23. The third kappa shape index (κ3) is 2.75. The SMILES string of the molecule is Cc1cc(=O)oc2cc(O[C@]3(C)O[C@@H](CO)[C@](C)(O)[C@@](C)(O)[C@]3(C)O)ccc12. The lowest BCUT2D eigenvalue weighted by molar-refractivity contribution is -0.415. The molecule has 0 unspecified atom stereocenters. The van der Waals surface area contributed by atoms with E-state index in [1.54, 1.807) is 19.1 Å². The maximum Gasteiger partial charge on any atom is 0.336 e. The summed E-state index contributed by atoms with van der Waals surface area (Å²) in [5.74, 6) is -1.64. The van der Waals surface area contributed by atoms with Gasteiger partial charge in [0.05, 0.1) is 6.61 Å². The first-order chi connectivity index (χ1) is 12.8. The van der Waals surface area contributed by atoms with Crippen LogP contribution in [0.2, 0.25) is 0 Å². The van der Waals surface area contributed by atoms with E-state index in [-0.39, 0.29) is 5.75 Å². The number of aliphatic hydroxyl groups excluding tert-OH is 1. The van der Waals surface area contributed by atoms with E-state index < -0.39 is 40.9 Å². The van der Waals surface area contributed by atoms with Gasteiger partial charge in [0, 0.05) is 24.4 Å². The average molecular weight is 394 g/mol. The topological polar surface area (TPSA) is 130 Å². The van der Waals surface area contributed by atoms with Crippen molar-refractivity contribution in [3.63, 3.8) is 0 Å². The third-order valence-electron chi connectivity index (χ3n) is 6.21. The molecule has 5 atom stereocenters. The first-order valence-electron chi connectivity index (χ1n) is 8.96. The number of hydrogen-bond donors (Lipinski definition) is 4. The molecule has 1 fully saturated rings. The molecule has 2 aromatic rings. The van der Waals surface area contributed by atoms with Crippen LogP contribution >= 0.6 is 0 Å². The van der Waals surface area contributed by atoms with Crippen molar-refractivity contribution in [2.45, 2.75) is 63.3 Å². The highest BCUT2D eigenvalue weighted by Crippen LogP contribution is 2.49. The number of benzene rings is 1. The molecule has 8 heteroatoms. The molecule has 4 N–H and O–H groups in total. The first-order valence-corrected chi connectivity index (χ1v) is 8.96. The summed E-state index contributed by atoms with van der Waals surface area (Å²) in [5, 5.41) is 43.1. The minimum absolute atomic E-state index is 0.207. The summed E-state index contributed by atoms with van der Waals surface area (Å²) in [6, 6.07) is 6.16. The van der Waals surface area contributed by atoms with Crippen LogP contribution in [-0.4, -0.2) is 55.7 Å². The Labute approximate surface area is 161 Å². The van der Waals surface area contributed by atoms with Gasteiger partial charge >= 0.3 is 5.63 Å². The molecular formula is C20H26O8. The summed E-state index contributed by atoms with van der Waals surface area (Å²) < 4.78 is 16.8. The largest absolute Gasteiger partial charge is 0.459 e. The highest BCUT2D eigenvalue weighted by Gasteiger charge is 2.71. The van der Waals surface area contributed by atoms with E-state index >= 15 is 0 Å². The predicted octanol–water partition coefficient (Wildman–Crippen LogP) is 0.841. The molecule has 2 heterocycles. The van der Waals surface area contributed by atoms with Crippen molar-refractivity contribution in [2.75, 3.05) is 6.61 Å². The minimum Gasteiger partial charge on any atom is -0.459 e. The van der Waals surface area contributed by atoms with Gasteiger partial charge in [0.2, 0.25) is 5.79 Å². The van der Waals surface area contributed by atoms with Gasteiger partial charge in [0.15, 0.2) is 5.60 Å². The fraction of sp³-hybridized carbons (Fsp3) is 0.550. The van der Waals surface area contributed by atoms with Crippen LogP contribution in [0.25, 0.3) is 11.0 Å². The van der Waals surface area contributed by atoms with E-state index in [0.29, 0.717) is 5.58 Å².